The van der Waals surface area contributed by atoms with Gasteiger partial charge in [0.15, 0.2) is 5.17 Å². The fourth-order valence-corrected chi connectivity index (χ4v) is 4.11. The lowest BCUT2D eigenvalue weighted by Crippen LogP contribution is -2.19. The molecular formula is C22H16N4OS. The summed E-state index contributed by atoms with van der Waals surface area (Å²) < 4.78 is 1.98. The molecule has 1 aliphatic heterocycles. The van der Waals surface area contributed by atoms with Crippen molar-refractivity contribution >= 4 is 56.4 Å². The lowest BCUT2D eigenvalue weighted by atomic mass is 10.1. The van der Waals surface area contributed by atoms with Gasteiger partial charge in [-0.05, 0) is 35.3 Å². The van der Waals surface area contributed by atoms with E-state index >= 15 is 0 Å². The minimum atomic E-state index is -0.156. The second-order valence-corrected chi connectivity index (χ2v) is 7.53. The van der Waals surface area contributed by atoms with Crippen LogP contribution in [0.2, 0.25) is 0 Å². The molecule has 0 spiro atoms. The second-order valence-electron chi connectivity index (χ2n) is 6.50. The number of hydrogen-bond acceptors (Lipinski definition) is 4. The van der Waals surface area contributed by atoms with Gasteiger partial charge in [-0.25, -0.2) is 9.98 Å². The predicted octanol–water partition coefficient (Wildman–Crippen LogP) is 4.62. The number of aryl methyl sites for hydroxylation is 1. The molecule has 5 rings (SSSR count). The summed E-state index contributed by atoms with van der Waals surface area (Å²) in [5, 5.41) is 5.61. The van der Waals surface area contributed by atoms with Gasteiger partial charge in [-0.1, -0.05) is 48.5 Å². The molecule has 0 radical (unpaired) electrons. The van der Waals surface area contributed by atoms with E-state index in [2.05, 4.69) is 27.4 Å². The molecule has 0 saturated carbocycles. The lowest BCUT2D eigenvalue weighted by Gasteiger charge is -2.02. The summed E-state index contributed by atoms with van der Waals surface area (Å²) in [5.74, 6) is 0.585. The highest BCUT2D eigenvalue weighted by molar-refractivity contribution is 8.18. The largest absolute Gasteiger partial charge is 0.328 e. The van der Waals surface area contributed by atoms with Crippen LogP contribution in [0.3, 0.4) is 0 Å². The molecule has 1 N–H and O–H groups in total. The number of para-hydroxylation sites is 2. The number of amidine groups is 1. The number of benzene rings is 3. The van der Waals surface area contributed by atoms with Crippen molar-refractivity contribution in [1.29, 1.82) is 0 Å². The number of aromatic nitrogens is 2. The minimum absolute atomic E-state index is 0.156. The summed E-state index contributed by atoms with van der Waals surface area (Å²) in [4.78, 5) is 22.3. The SMILES string of the molecule is Cn1c(C=C2SC(=Nc3cccc4ccccc34)NC2=O)nc2ccccc21. The van der Waals surface area contributed by atoms with Crippen molar-refractivity contribution in [3.05, 3.63) is 77.5 Å². The third kappa shape index (κ3) is 2.88. The van der Waals surface area contributed by atoms with Crippen molar-refractivity contribution in [3.63, 3.8) is 0 Å². The number of carbonyl (C=O) groups is 1. The van der Waals surface area contributed by atoms with Gasteiger partial charge in [0.25, 0.3) is 5.91 Å². The fraction of sp³-hybridized carbons (Fsp3) is 0.0455. The molecule has 1 aromatic heterocycles. The van der Waals surface area contributed by atoms with Crippen LogP contribution in [0.1, 0.15) is 5.82 Å². The third-order valence-electron chi connectivity index (χ3n) is 4.72. The number of carbonyl (C=O) groups excluding carboxylic acids is 1. The summed E-state index contributed by atoms with van der Waals surface area (Å²) in [6.07, 6.45) is 1.81. The van der Waals surface area contributed by atoms with E-state index in [1.54, 1.807) is 0 Å². The highest BCUT2D eigenvalue weighted by atomic mass is 32.2. The van der Waals surface area contributed by atoms with Crippen LogP contribution in [0.4, 0.5) is 5.69 Å². The van der Waals surface area contributed by atoms with E-state index in [4.69, 9.17) is 0 Å². The van der Waals surface area contributed by atoms with E-state index < -0.39 is 0 Å². The van der Waals surface area contributed by atoms with Gasteiger partial charge in [-0.2, -0.15) is 0 Å². The van der Waals surface area contributed by atoms with Crippen LogP contribution < -0.4 is 5.32 Å². The number of rotatable bonds is 2. The molecule has 1 saturated heterocycles. The van der Waals surface area contributed by atoms with Gasteiger partial charge in [-0.3, -0.25) is 4.79 Å². The fourth-order valence-electron chi connectivity index (χ4n) is 3.31. The predicted molar refractivity (Wildman–Crippen MR) is 115 cm³/mol. The summed E-state index contributed by atoms with van der Waals surface area (Å²) in [6, 6.07) is 22.0. The van der Waals surface area contributed by atoms with E-state index in [9.17, 15) is 4.79 Å². The summed E-state index contributed by atoms with van der Waals surface area (Å²) in [5.41, 5.74) is 2.78. The zero-order valence-electron chi connectivity index (χ0n) is 15.1. The van der Waals surface area contributed by atoms with Crippen LogP contribution in [-0.4, -0.2) is 20.6 Å². The van der Waals surface area contributed by atoms with Crippen molar-refractivity contribution in [3.8, 4) is 0 Å². The van der Waals surface area contributed by atoms with E-state index in [1.165, 1.54) is 11.8 Å². The van der Waals surface area contributed by atoms with Crippen LogP contribution in [0.5, 0.6) is 0 Å². The quantitative estimate of drug-likeness (QED) is 0.513. The van der Waals surface area contributed by atoms with Crippen LogP contribution in [-0.2, 0) is 11.8 Å². The van der Waals surface area contributed by atoms with Crippen molar-refractivity contribution in [2.45, 2.75) is 0 Å². The summed E-state index contributed by atoms with van der Waals surface area (Å²) in [7, 11) is 1.95. The standard InChI is InChI=1S/C22H16N4OS/c1-26-18-12-5-4-10-17(18)23-20(26)13-19-21(27)25-22(28-19)24-16-11-6-8-14-7-2-3-9-15(14)16/h2-13H,1H3,(H,24,25,27). The number of imidazole rings is 1. The molecule has 0 aliphatic carbocycles. The van der Waals surface area contributed by atoms with E-state index in [0.717, 1.165) is 33.3 Å². The molecule has 1 fully saturated rings. The number of fused-ring (bicyclic) bond motifs is 2. The van der Waals surface area contributed by atoms with Gasteiger partial charge in [-0.15, -0.1) is 0 Å². The van der Waals surface area contributed by atoms with Gasteiger partial charge in [0.1, 0.15) is 5.82 Å². The highest BCUT2D eigenvalue weighted by Gasteiger charge is 2.25. The van der Waals surface area contributed by atoms with Crippen LogP contribution >= 0.6 is 11.8 Å². The molecule has 5 nitrogen and oxygen atoms in total. The minimum Gasteiger partial charge on any atom is -0.328 e. The number of nitrogens with one attached hydrogen (secondary N) is 1. The van der Waals surface area contributed by atoms with E-state index in [1.807, 2.05) is 72.3 Å². The van der Waals surface area contributed by atoms with Crippen LogP contribution in [0.25, 0.3) is 27.9 Å². The number of hydrogen-bond donors (Lipinski definition) is 1. The summed E-state index contributed by atoms with van der Waals surface area (Å²) >= 11 is 1.33. The van der Waals surface area contributed by atoms with Crippen LogP contribution in [0, 0.1) is 0 Å². The Labute approximate surface area is 165 Å². The second kappa shape index (κ2) is 6.65. The maximum atomic E-state index is 12.5. The monoisotopic (exact) mass is 384 g/mol. The van der Waals surface area contributed by atoms with Gasteiger partial charge >= 0.3 is 0 Å². The van der Waals surface area contributed by atoms with Crippen molar-refractivity contribution < 1.29 is 4.79 Å². The normalized spacial score (nSPS) is 17.1. The molecule has 0 atom stereocenters. The average molecular weight is 384 g/mol. The Kier molecular flexibility index (Phi) is 3.98. The number of amides is 1. The molecule has 136 valence electrons. The Bertz CT molecular complexity index is 1300. The van der Waals surface area contributed by atoms with Gasteiger partial charge in [0.2, 0.25) is 0 Å². The van der Waals surface area contributed by atoms with Crippen molar-refractivity contribution in [2.24, 2.45) is 12.0 Å². The molecule has 0 unspecified atom stereocenters. The topological polar surface area (TPSA) is 59.3 Å². The van der Waals surface area contributed by atoms with Gasteiger partial charge in [0.05, 0.1) is 21.6 Å². The zero-order valence-corrected chi connectivity index (χ0v) is 15.9. The Hall–Kier alpha value is -3.38. The first-order valence-corrected chi connectivity index (χ1v) is 9.69. The number of aliphatic imine (C=N–C) groups is 1. The molecule has 1 amide bonds. The molecule has 0 bridgehead atoms. The summed E-state index contributed by atoms with van der Waals surface area (Å²) in [6.45, 7) is 0. The van der Waals surface area contributed by atoms with Crippen molar-refractivity contribution in [2.75, 3.05) is 0 Å². The van der Waals surface area contributed by atoms with Gasteiger partial charge < -0.3 is 9.88 Å². The Morgan fingerprint density at radius 3 is 2.71 bits per heavy atom. The molecule has 1 aliphatic rings. The smallest absolute Gasteiger partial charge is 0.264 e. The Morgan fingerprint density at radius 2 is 1.82 bits per heavy atom. The molecule has 2 heterocycles. The average Bonchev–Trinajstić information content (AvgIpc) is 3.22. The Morgan fingerprint density at radius 1 is 1.04 bits per heavy atom. The first kappa shape index (κ1) is 16.8. The first-order chi connectivity index (χ1) is 13.7. The van der Waals surface area contributed by atoms with Crippen LogP contribution in [0.15, 0.2) is 76.6 Å². The number of nitrogens with zero attached hydrogens (tertiary/aromatic N) is 3. The molecule has 3 aromatic carbocycles. The van der Waals surface area contributed by atoms with E-state index in [-0.39, 0.29) is 5.91 Å². The first-order valence-electron chi connectivity index (χ1n) is 8.88. The molecular weight excluding hydrogens is 368 g/mol. The zero-order chi connectivity index (χ0) is 19.1. The highest BCUT2D eigenvalue weighted by Crippen LogP contribution is 2.31. The van der Waals surface area contributed by atoms with Crippen molar-refractivity contribution in [1.82, 2.24) is 14.9 Å². The molecule has 28 heavy (non-hydrogen) atoms. The van der Waals surface area contributed by atoms with Gasteiger partial charge in [0, 0.05) is 18.5 Å². The van der Waals surface area contributed by atoms with E-state index in [0.29, 0.717) is 10.1 Å². The molecule has 6 heteroatoms. The maximum absolute atomic E-state index is 12.5. The Balaban J connectivity index is 1.51. The third-order valence-corrected chi connectivity index (χ3v) is 5.63. The maximum Gasteiger partial charge on any atom is 0.264 e. The lowest BCUT2D eigenvalue weighted by molar-refractivity contribution is -0.115. The number of thioether (sulfide) groups is 1. The molecule has 4 aromatic rings.